The SMILES string of the molecule is CN(CBr)c1cc(F)ccc1F. The molecule has 0 heterocycles. The number of hydrogen-bond acceptors (Lipinski definition) is 1. The van der Waals surface area contributed by atoms with Gasteiger partial charge in [0, 0.05) is 13.1 Å². The summed E-state index contributed by atoms with van der Waals surface area (Å²) in [4.78, 5) is 1.57. The molecule has 0 fully saturated rings. The third kappa shape index (κ3) is 1.94. The van der Waals surface area contributed by atoms with E-state index < -0.39 is 11.6 Å². The quantitative estimate of drug-likeness (QED) is 0.563. The van der Waals surface area contributed by atoms with E-state index >= 15 is 0 Å². The second-order valence-electron chi connectivity index (χ2n) is 2.41. The molecule has 0 aromatic heterocycles. The number of nitrogens with zero attached hydrogens (tertiary/aromatic N) is 1. The summed E-state index contributed by atoms with van der Waals surface area (Å²) in [5, 5.41) is 0. The first-order valence-electron chi connectivity index (χ1n) is 3.37. The normalized spacial score (nSPS) is 10.0. The second-order valence-corrected chi connectivity index (χ2v) is 2.91. The predicted octanol–water partition coefficient (Wildman–Crippen LogP) is 2.75. The van der Waals surface area contributed by atoms with Gasteiger partial charge >= 0.3 is 0 Å². The van der Waals surface area contributed by atoms with Gasteiger partial charge in [-0.3, -0.25) is 0 Å². The molecular formula is C8H8BrF2N. The molecule has 1 rings (SSSR count). The Balaban J connectivity index is 3.04. The van der Waals surface area contributed by atoms with Gasteiger partial charge in [0.15, 0.2) is 0 Å². The fourth-order valence-electron chi connectivity index (χ4n) is 0.843. The zero-order valence-corrected chi connectivity index (χ0v) is 8.11. The van der Waals surface area contributed by atoms with Crippen molar-refractivity contribution >= 4 is 21.6 Å². The Morgan fingerprint density at radius 3 is 2.67 bits per heavy atom. The van der Waals surface area contributed by atoms with Gasteiger partial charge in [0.1, 0.15) is 11.6 Å². The van der Waals surface area contributed by atoms with Crippen molar-refractivity contribution in [2.45, 2.75) is 0 Å². The highest BCUT2D eigenvalue weighted by Gasteiger charge is 2.06. The van der Waals surface area contributed by atoms with Crippen LogP contribution in [0.15, 0.2) is 18.2 Å². The van der Waals surface area contributed by atoms with Gasteiger partial charge < -0.3 is 4.90 Å². The Morgan fingerprint density at radius 2 is 2.08 bits per heavy atom. The molecular weight excluding hydrogens is 228 g/mol. The molecule has 0 aliphatic carbocycles. The Morgan fingerprint density at radius 1 is 1.42 bits per heavy atom. The van der Waals surface area contributed by atoms with E-state index in [0.717, 1.165) is 18.2 Å². The van der Waals surface area contributed by atoms with Gasteiger partial charge in [0.05, 0.1) is 11.1 Å². The highest BCUT2D eigenvalue weighted by Crippen LogP contribution is 2.19. The molecule has 0 atom stereocenters. The van der Waals surface area contributed by atoms with Crippen LogP contribution in [-0.2, 0) is 0 Å². The van der Waals surface area contributed by atoms with Crippen LogP contribution < -0.4 is 4.90 Å². The summed E-state index contributed by atoms with van der Waals surface area (Å²) in [6.45, 7) is 0. The Kier molecular flexibility index (Phi) is 3.03. The summed E-state index contributed by atoms with van der Waals surface area (Å²) in [7, 11) is 1.67. The molecule has 4 heteroatoms. The molecule has 0 saturated carbocycles. The average molecular weight is 236 g/mol. The van der Waals surface area contributed by atoms with Gasteiger partial charge in [-0.2, -0.15) is 0 Å². The number of alkyl halides is 1. The molecule has 1 aromatic carbocycles. The average Bonchev–Trinajstić information content (AvgIpc) is 2.08. The molecule has 66 valence electrons. The van der Waals surface area contributed by atoms with Crippen molar-refractivity contribution in [3.8, 4) is 0 Å². The first-order valence-corrected chi connectivity index (χ1v) is 4.49. The van der Waals surface area contributed by atoms with E-state index in [1.54, 1.807) is 11.9 Å². The van der Waals surface area contributed by atoms with Crippen LogP contribution in [-0.4, -0.2) is 12.5 Å². The van der Waals surface area contributed by atoms with Crippen LogP contribution in [0.2, 0.25) is 0 Å². The summed E-state index contributed by atoms with van der Waals surface area (Å²) >= 11 is 3.15. The zero-order chi connectivity index (χ0) is 9.14. The van der Waals surface area contributed by atoms with Crippen molar-refractivity contribution in [1.82, 2.24) is 0 Å². The van der Waals surface area contributed by atoms with Crippen molar-refractivity contribution in [3.05, 3.63) is 29.8 Å². The third-order valence-electron chi connectivity index (χ3n) is 1.50. The predicted molar refractivity (Wildman–Crippen MR) is 48.6 cm³/mol. The lowest BCUT2D eigenvalue weighted by Crippen LogP contribution is -2.15. The maximum Gasteiger partial charge on any atom is 0.146 e. The lowest BCUT2D eigenvalue weighted by molar-refractivity contribution is 0.599. The number of hydrogen-bond donors (Lipinski definition) is 0. The standard InChI is InChI=1S/C8H8BrF2N/c1-12(5-9)8-4-6(10)2-3-7(8)11/h2-4H,5H2,1H3. The minimum Gasteiger partial charge on any atom is -0.362 e. The van der Waals surface area contributed by atoms with Gasteiger partial charge in [0.25, 0.3) is 0 Å². The molecule has 0 amide bonds. The topological polar surface area (TPSA) is 3.24 Å². The van der Waals surface area contributed by atoms with Gasteiger partial charge in [-0.25, -0.2) is 8.78 Å². The minimum atomic E-state index is -0.431. The summed E-state index contributed by atoms with van der Waals surface area (Å²) < 4.78 is 25.6. The van der Waals surface area contributed by atoms with Crippen LogP contribution in [0.25, 0.3) is 0 Å². The van der Waals surface area contributed by atoms with Crippen LogP contribution in [0.5, 0.6) is 0 Å². The highest BCUT2D eigenvalue weighted by atomic mass is 79.9. The summed E-state index contributed by atoms with van der Waals surface area (Å²) in [5.41, 5.74) is 0.722. The number of benzene rings is 1. The summed E-state index contributed by atoms with van der Waals surface area (Å²) in [6.07, 6.45) is 0. The smallest absolute Gasteiger partial charge is 0.146 e. The largest absolute Gasteiger partial charge is 0.362 e. The number of rotatable bonds is 2. The lowest BCUT2D eigenvalue weighted by Gasteiger charge is -2.16. The monoisotopic (exact) mass is 235 g/mol. The van der Waals surface area contributed by atoms with Crippen LogP contribution in [0.3, 0.4) is 0 Å². The molecule has 0 spiro atoms. The first-order chi connectivity index (χ1) is 5.65. The van der Waals surface area contributed by atoms with Crippen molar-refractivity contribution in [1.29, 1.82) is 0 Å². The molecule has 1 nitrogen and oxygen atoms in total. The van der Waals surface area contributed by atoms with E-state index in [0.29, 0.717) is 5.45 Å². The Labute approximate surface area is 78.1 Å². The lowest BCUT2D eigenvalue weighted by atomic mass is 10.3. The van der Waals surface area contributed by atoms with Crippen LogP contribution in [0.4, 0.5) is 14.5 Å². The molecule has 0 saturated heterocycles. The second kappa shape index (κ2) is 3.85. The fraction of sp³-hybridized carbons (Fsp3) is 0.250. The molecule has 0 unspecified atom stereocenters. The van der Waals surface area contributed by atoms with Crippen molar-refractivity contribution in [2.24, 2.45) is 0 Å². The molecule has 0 N–H and O–H groups in total. The van der Waals surface area contributed by atoms with Crippen LogP contribution in [0.1, 0.15) is 0 Å². The summed E-state index contributed by atoms with van der Waals surface area (Å²) in [6, 6.07) is 3.38. The number of halogens is 3. The first kappa shape index (κ1) is 9.45. The maximum atomic E-state index is 13.0. The van der Waals surface area contributed by atoms with E-state index in [1.807, 2.05) is 0 Å². The molecule has 12 heavy (non-hydrogen) atoms. The number of anilines is 1. The van der Waals surface area contributed by atoms with Gasteiger partial charge in [0.2, 0.25) is 0 Å². The van der Waals surface area contributed by atoms with E-state index in [4.69, 9.17) is 0 Å². The van der Waals surface area contributed by atoms with E-state index in [1.165, 1.54) is 0 Å². The third-order valence-corrected chi connectivity index (χ3v) is 2.25. The van der Waals surface area contributed by atoms with Gasteiger partial charge in [-0.1, -0.05) is 15.9 Å². The highest BCUT2D eigenvalue weighted by molar-refractivity contribution is 9.09. The maximum absolute atomic E-state index is 13.0. The molecule has 1 aromatic rings. The van der Waals surface area contributed by atoms with Crippen molar-refractivity contribution in [3.63, 3.8) is 0 Å². The minimum absolute atomic E-state index is 0.256. The van der Waals surface area contributed by atoms with Crippen LogP contribution in [0, 0.1) is 11.6 Å². The molecule has 0 radical (unpaired) electrons. The Hall–Kier alpha value is -0.640. The fourth-order valence-corrected chi connectivity index (χ4v) is 1.11. The van der Waals surface area contributed by atoms with Gasteiger partial charge in [-0.15, -0.1) is 0 Å². The molecule has 0 aliphatic rings. The molecule has 0 aliphatic heterocycles. The van der Waals surface area contributed by atoms with Crippen LogP contribution >= 0.6 is 15.9 Å². The van der Waals surface area contributed by atoms with E-state index in [9.17, 15) is 8.78 Å². The van der Waals surface area contributed by atoms with Crippen molar-refractivity contribution < 1.29 is 8.78 Å². The van der Waals surface area contributed by atoms with Gasteiger partial charge in [-0.05, 0) is 12.1 Å². The summed E-state index contributed by atoms with van der Waals surface area (Å²) in [5.74, 6) is -0.849. The zero-order valence-electron chi connectivity index (χ0n) is 6.52. The van der Waals surface area contributed by atoms with E-state index in [2.05, 4.69) is 15.9 Å². The van der Waals surface area contributed by atoms with E-state index in [-0.39, 0.29) is 5.69 Å². The molecule has 0 bridgehead atoms. The van der Waals surface area contributed by atoms with Crippen molar-refractivity contribution in [2.75, 3.05) is 17.4 Å². The Bertz CT molecular complexity index is 278.